The fraction of sp³-hybridized carbons (Fsp3) is 0.294. The molecule has 0 aliphatic heterocycles. The van der Waals surface area contributed by atoms with Gasteiger partial charge in [0.05, 0.1) is 0 Å². The molecule has 0 aromatic heterocycles. The molecule has 0 spiro atoms. The lowest BCUT2D eigenvalue weighted by Crippen LogP contribution is -2.23. The number of nitrogens with two attached hydrogens (primary N) is 1. The molecule has 20 heavy (non-hydrogen) atoms. The predicted molar refractivity (Wildman–Crippen MR) is 77.8 cm³/mol. The first kappa shape index (κ1) is 14.7. The van der Waals surface area contributed by atoms with E-state index in [2.05, 4.69) is 12.1 Å². The molecule has 1 unspecified atom stereocenters. The Balaban J connectivity index is 1.83. The lowest BCUT2D eigenvalue weighted by molar-refractivity contribution is 0.151. The molecule has 0 amide bonds. The maximum Gasteiger partial charge on any atom is 0.263 e. The van der Waals surface area contributed by atoms with Gasteiger partial charge >= 0.3 is 0 Å². The Morgan fingerprint density at radius 3 is 2.10 bits per heavy atom. The number of hydrogen-bond acceptors (Lipinski definition) is 1. The zero-order valence-corrected chi connectivity index (χ0v) is 11.3. The quantitative estimate of drug-likeness (QED) is 0.843. The van der Waals surface area contributed by atoms with E-state index in [1.165, 1.54) is 17.7 Å². The summed E-state index contributed by atoms with van der Waals surface area (Å²) in [5.74, 6) is 0. The second kappa shape index (κ2) is 7.15. The van der Waals surface area contributed by atoms with Crippen LogP contribution in [0.1, 0.15) is 29.5 Å². The van der Waals surface area contributed by atoms with Crippen LogP contribution in [-0.4, -0.2) is 6.04 Å². The molecule has 106 valence electrons. The van der Waals surface area contributed by atoms with Gasteiger partial charge in [0.15, 0.2) is 0 Å². The van der Waals surface area contributed by atoms with Gasteiger partial charge in [0.1, 0.15) is 0 Å². The minimum absolute atomic E-state index is 0.0487. The van der Waals surface area contributed by atoms with Gasteiger partial charge in [-0.2, -0.15) is 0 Å². The second-order valence-corrected chi connectivity index (χ2v) is 5.03. The van der Waals surface area contributed by atoms with Gasteiger partial charge in [0.2, 0.25) is 0 Å². The number of alkyl halides is 2. The largest absolute Gasteiger partial charge is 0.327 e. The lowest BCUT2D eigenvalue weighted by atomic mass is 9.99. The number of hydrogen-bond donors (Lipinski definition) is 1. The van der Waals surface area contributed by atoms with Gasteiger partial charge in [0.25, 0.3) is 6.43 Å². The highest BCUT2D eigenvalue weighted by Crippen LogP contribution is 2.19. The van der Waals surface area contributed by atoms with Crippen molar-refractivity contribution in [2.75, 3.05) is 0 Å². The first-order valence-corrected chi connectivity index (χ1v) is 6.81. The summed E-state index contributed by atoms with van der Waals surface area (Å²) in [6.45, 7) is 0. The highest BCUT2D eigenvalue weighted by atomic mass is 19.3. The molecule has 2 aromatic rings. The van der Waals surface area contributed by atoms with Crippen LogP contribution in [0.2, 0.25) is 0 Å². The van der Waals surface area contributed by atoms with Gasteiger partial charge in [-0.15, -0.1) is 0 Å². The molecular formula is C17H19F2N. The summed E-state index contributed by atoms with van der Waals surface area (Å²) in [6, 6.07) is 16.7. The topological polar surface area (TPSA) is 26.0 Å². The van der Waals surface area contributed by atoms with Crippen LogP contribution in [-0.2, 0) is 12.8 Å². The van der Waals surface area contributed by atoms with E-state index in [0.29, 0.717) is 0 Å². The van der Waals surface area contributed by atoms with Gasteiger partial charge in [-0.1, -0.05) is 54.6 Å². The summed E-state index contributed by atoms with van der Waals surface area (Å²) >= 11 is 0. The first-order valence-electron chi connectivity index (χ1n) is 6.81. The van der Waals surface area contributed by atoms with E-state index in [4.69, 9.17) is 5.73 Å². The Hall–Kier alpha value is -1.74. The third-order valence-corrected chi connectivity index (χ3v) is 3.38. The van der Waals surface area contributed by atoms with Crippen LogP contribution in [0.15, 0.2) is 54.6 Å². The zero-order valence-electron chi connectivity index (χ0n) is 11.3. The van der Waals surface area contributed by atoms with E-state index in [9.17, 15) is 8.78 Å². The van der Waals surface area contributed by atoms with Crippen molar-refractivity contribution in [1.82, 2.24) is 0 Å². The fourth-order valence-corrected chi connectivity index (χ4v) is 2.20. The van der Waals surface area contributed by atoms with Crippen LogP contribution >= 0.6 is 0 Å². The molecule has 3 heteroatoms. The summed E-state index contributed by atoms with van der Waals surface area (Å²) in [6.07, 6.45) is 0.143. The molecule has 0 aliphatic carbocycles. The van der Waals surface area contributed by atoms with Crippen molar-refractivity contribution in [3.8, 4) is 0 Å². The van der Waals surface area contributed by atoms with Crippen molar-refractivity contribution in [2.45, 2.75) is 31.7 Å². The summed E-state index contributed by atoms with van der Waals surface area (Å²) in [5, 5.41) is 0. The van der Waals surface area contributed by atoms with Crippen LogP contribution in [0.5, 0.6) is 0 Å². The zero-order chi connectivity index (χ0) is 14.4. The monoisotopic (exact) mass is 275 g/mol. The van der Waals surface area contributed by atoms with E-state index >= 15 is 0 Å². The summed E-state index contributed by atoms with van der Waals surface area (Å²) < 4.78 is 24.9. The van der Waals surface area contributed by atoms with E-state index < -0.39 is 6.43 Å². The van der Waals surface area contributed by atoms with Crippen molar-refractivity contribution in [1.29, 1.82) is 0 Å². The first-order chi connectivity index (χ1) is 9.65. The Labute approximate surface area is 118 Å². The summed E-state index contributed by atoms with van der Waals surface area (Å²) in [4.78, 5) is 0. The minimum atomic E-state index is -2.41. The van der Waals surface area contributed by atoms with Crippen molar-refractivity contribution >= 4 is 0 Å². The Morgan fingerprint density at radius 1 is 0.850 bits per heavy atom. The maximum atomic E-state index is 12.4. The summed E-state index contributed by atoms with van der Waals surface area (Å²) in [5.41, 5.74) is 8.45. The molecule has 2 aromatic carbocycles. The number of rotatable bonds is 6. The van der Waals surface area contributed by atoms with Crippen molar-refractivity contribution in [3.63, 3.8) is 0 Å². The molecule has 2 N–H and O–H groups in total. The normalized spacial score (nSPS) is 12.6. The third-order valence-electron chi connectivity index (χ3n) is 3.38. The molecule has 0 bridgehead atoms. The van der Waals surface area contributed by atoms with Crippen molar-refractivity contribution < 1.29 is 8.78 Å². The molecule has 2 rings (SSSR count). The molecule has 0 saturated heterocycles. The number of halogens is 2. The van der Waals surface area contributed by atoms with Gasteiger partial charge in [-0.25, -0.2) is 8.78 Å². The van der Waals surface area contributed by atoms with Crippen LogP contribution in [0, 0.1) is 0 Å². The molecule has 0 aliphatic rings. The third kappa shape index (κ3) is 4.42. The Kier molecular flexibility index (Phi) is 5.24. The minimum Gasteiger partial charge on any atom is -0.327 e. The van der Waals surface area contributed by atoms with E-state index in [0.717, 1.165) is 24.8 Å². The second-order valence-electron chi connectivity index (χ2n) is 5.03. The Morgan fingerprint density at radius 2 is 1.50 bits per heavy atom. The lowest BCUT2D eigenvalue weighted by Gasteiger charge is -2.12. The molecule has 0 saturated carbocycles. The van der Waals surface area contributed by atoms with Crippen LogP contribution < -0.4 is 5.73 Å². The molecule has 1 nitrogen and oxygen atoms in total. The molecule has 0 heterocycles. The highest BCUT2D eigenvalue weighted by Gasteiger charge is 2.08. The van der Waals surface area contributed by atoms with Crippen molar-refractivity contribution in [2.24, 2.45) is 5.73 Å². The number of aryl methyl sites for hydroxylation is 1. The van der Waals surface area contributed by atoms with Gasteiger partial charge < -0.3 is 5.73 Å². The van der Waals surface area contributed by atoms with Crippen LogP contribution in [0.4, 0.5) is 8.78 Å². The van der Waals surface area contributed by atoms with Gasteiger partial charge in [-0.05, 0) is 30.4 Å². The van der Waals surface area contributed by atoms with Crippen LogP contribution in [0.25, 0.3) is 0 Å². The van der Waals surface area contributed by atoms with Crippen LogP contribution in [0.3, 0.4) is 0 Å². The highest BCUT2D eigenvalue weighted by molar-refractivity contribution is 5.24. The SMILES string of the molecule is NC(CCc1ccccc1)Cc1ccc(C(F)F)cc1. The molecule has 1 atom stereocenters. The van der Waals surface area contributed by atoms with Gasteiger partial charge in [-0.3, -0.25) is 0 Å². The molecule has 0 fully saturated rings. The average Bonchev–Trinajstić information content (AvgIpc) is 2.47. The number of benzene rings is 2. The average molecular weight is 275 g/mol. The molecule has 0 radical (unpaired) electrons. The summed E-state index contributed by atoms with van der Waals surface area (Å²) in [7, 11) is 0. The smallest absolute Gasteiger partial charge is 0.263 e. The Bertz CT molecular complexity index is 508. The standard InChI is InChI=1S/C17H19F2N/c18-17(19)15-9-6-14(7-10-15)12-16(20)11-8-13-4-2-1-3-5-13/h1-7,9-10,16-17H,8,11-12,20H2. The van der Waals surface area contributed by atoms with E-state index in [1.54, 1.807) is 12.1 Å². The van der Waals surface area contributed by atoms with Crippen molar-refractivity contribution in [3.05, 3.63) is 71.3 Å². The fourth-order valence-electron chi connectivity index (χ4n) is 2.20. The maximum absolute atomic E-state index is 12.4. The van der Waals surface area contributed by atoms with Gasteiger partial charge in [0, 0.05) is 11.6 Å². The van der Waals surface area contributed by atoms with E-state index in [1.807, 2.05) is 18.2 Å². The van der Waals surface area contributed by atoms with E-state index in [-0.39, 0.29) is 11.6 Å². The molecular weight excluding hydrogens is 256 g/mol. The predicted octanol–water partition coefficient (Wildman–Crippen LogP) is 4.13.